The number of rotatable bonds is 2. The molecule has 2 rings (SSSR count). The molecule has 0 aliphatic carbocycles. The van der Waals surface area contributed by atoms with Crippen LogP contribution in [0.25, 0.3) is 0 Å². The van der Waals surface area contributed by atoms with Crippen LogP contribution in [0.2, 0.25) is 0 Å². The first-order valence-electron chi connectivity index (χ1n) is 7.50. The Bertz CT molecular complexity index is 589. The first kappa shape index (κ1) is 17.9. The minimum Gasteiger partial charge on any atom is -0.446 e. The zero-order chi connectivity index (χ0) is 17.4. The molecule has 0 saturated carbocycles. The highest BCUT2D eigenvalue weighted by molar-refractivity contribution is 6.21. The van der Waals surface area contributed by atoms with E-state index in [1.165, 1.54) is 11.0 Å². The Kier molecular flexibility index (Phi) is 5.14. The summed E-state index contributed by atoms with van der Waals surface area (Å²) in [6, 6.07) is 3.09. The normalized spacial score (nSPS) is 21.3. The summed E-state index contributed by atoms with van der Waals surface area (Å²) in [5.41, 5.74) is -0.0670. The van der Waals surface area contributed by atoms with Gasteiger partial charge in [-0.3, -0.25) is 4.90 Å². The van der Waals surface area contributed by atoms with Crippen LogP contribution in [0, 0.1) is 0 Å². The lowest BCUT2D eigenvalue weighted by atomic mass is 9.92. The molecule has 0 fully saturated rings. The average molecular weight is 350 g/mol. The van der Waals surface area contributed by atoms with Gasteiger partial charge in [0.05, 0.1) is 22.7 Å². The van der Waals surface area contributed by atoms with Gasteiger partial charge in [-0.1, -0.05) is 6.92 Å². The fraction of sp³-hybridized carbons (Fsp3) is 0.562. The smallest absolute Gasteiger partial charge is 0.416 e. The van der Waals surface area contributed by atoms with Crippen molar-refractivity contribution < 1.29 is 22.7 Å². The predicted octanol–water partition coefficient (Wildman–Crippen LogP) is 5.52. The number of nitrogens with zero attached hydrogens (tertiary/aromatic N) is 1. The van der Waals surface area contributed by atoms with E-state index in [9.17, 15) is 18.0 Å². The second kappa shape index (κ2) is 6.59. The van der Waals surface area contributed by atoms with E-state index in [0.29, 0.717) is 24.1 Å². The van der Waals surface area contributed by atoms with Crippen molar-refractivity contribution in [1.29, 1.82) is 0 Å². The topological polar surface area (TPSA) is 29.5 Å². The first-order valence-corrected chi connectivity index (χ1v) is 7.93. The minimum absolute atomic E-state index is 0.201. The number of fused-ring (bicyclic) bond motifs is 1. The molecule has 0 spiro atoms. The number of hydrogen-bond acceptors (Lipinski definition) is 2. The van der Waals surface area contributed by atoms with E-state index in [2.05, 4.69) is 0 Å². The highest BCUT2D eigenvalue weighted by Crippen LogP contribution is 2.44. The third-order valence-electron chi connectivity index (χ3n) is 3.80. The molecule has 2 atom stereocenters. The van der Waals surface area contributed by atoms with Crippen LogP contribution >= 0.6 is 11.6 Å². The van der Waals surface area contributed by atoms with E-state index in [4.69, 9.17) is 16.3 Å². The number of hydrogen-bond donors (Lipinski definition) is 0. The Balaban J connectivity index is 2.48. The Morgan fingerprint density at radius 3 is 2.61 bits per heavy atom. The molecule has 0 radical (unpaired) electrons. The van der Waals surface area contributed by atoms with Crippen molar-refractivity contribution in [2.45, 2.75) is 57.3 Å². The summed E-state index contributed by atoms with van der Waals surface area (Å²) >= 11 is 6.27. The summed E-state index contributed by atoms with van der Waals surface area (Å²) in [6.45, 7) is 5.35. The number of ether oxygens (including phenoxy) is 1. The molecule has 1 unspecified atom stereocenters. The van der Waals surface area contributed by atoms with E-state index in [1.807, 2.05) is 6.92 Å². The summed E-state index contributed by atoms with van der Waals surface area (Å²) in [5.74, 6) is 0. The Labute approximate surface area is 138 Å². The summed E-state index contributed by atoms with van der Waals surface area (Å²) in [6.07, 6.45) is -4.30. The van der Waals surface area contributed by atoms with Crippen LogP contribution in [0.3, 0.4) is 0 Å². The van der Waals surface area contributed by atoms with Crippen LogP contribution in [-0.4, -0.2) is 18.2 Å². The van der Waals surface area contributed by atoms with E-state index in [-0.39, 0.29) is 12.1 Å². The molecule has 7 heteroatoms. The number of halogens is 4. The highest BCUT2D eigenvalue weighted by atomic mass is 35.5. The Hall–Kier alpha value is -1.43. The molecular formula is C16H19ClF3NO2. The molecule has 0 aromatic heterocycles. The fourth-order valence-corrected chi connectivity index (χ4v) is 3.10. The lowest BCUT2D eigenvalue weighted by Crippen LogP contribution is -2.45. The number of amides is 1. The van der Waals surface area contributed by atoms with E-state index in [1.54, 1.807) is 13.8 Å². The summed E-state index contributed by atoms with van der Waals surface area (Å²) in [4.78, 5) is 13.8. The van der Waals surface area contributed by atoms with Crippen molar-refractivity contribution in [2.24, 2.45) is 0 Å². The molecule has 23 heavy (non-hydrogen) atoms. The molecule has 1 aromatic carbocycles. The molecule has 1 amide bonds. The van der Waals surface area contributed by atoms with Crippen molar-refractivity contribution in [2.75, 3.05) is 4.90 Å². The molecule has 1 aliphatic rings. The maximum Gasteiger partial charge on any atom is 0.416 e. The van der Waals surface area contributed by atoms with Gasteiger partial charge < -0.3 is 4.74 Å². The second-order valence-corrected chi connectivity index (χ2v) is 6.37. The lowest BCUT2D eigenvalue weighted by molar-refractivity contribution is -0.137. The fourth-order valence-electron chi connectivity index (χ4n) is 2.72. The summed E-state index contributed by atoms with van der Waals surface area (Å²) < 4.78 is 44.0. The Morgan fingerprint density at radius 1 is 1.43 bits per heavy atom. The van der Waals surface area contributed by atoms with Crippen LogP contribution < -0.4 is 4.90 Å². The maximum absolute atomic E-state index is 12.9. The zero-order valence-electron chi connectivity index (χ0n) is 13.2. The van der Waals surface area contributed by atoms with Crippen LogP contribution in [0.4, 0.5) is 23.7 Å². The average Bonchev–Trinajstić information content (AvgIpc) is 2.44. The number of carbonyl (C=O) groups excluding carboxylic acids is 1. The van der Waals surface area contributed by atoms with Gasteiger partial charge in [-0.05, 0) is 50.5 Å². The minimum atomic E-state index is -4.45. The summed E-state index contributed by atoms with van der Waals surface area (Å²) in [5, 5.41) is -0.569. The molecular weight excluding hydrogens is 331 g/mol. The van der Waals surface area contributed by atoms with Gasteiger partial charge in [-0.25, -0.2) is 4.79 Å². The van der Waals surface area contributed by atoms with E-state index >= 15 is 0 Å². The lowest BCUT2D eigenvalue weighted by Gasteiger charge is -2.38. The van der Waals surface area contributed by atoms with Crippen molar-refractivity contribution in [1.82, 2.24) is 0 Å². The van der Waals surface area contributed by atoms with Crippen LogP contribution in [0.5, 0.6) is 0 Å². The van der Waals surface area contributed by atoms with Gasteiger partial charge in [0.1, 0.15) is 0 Å². The molecule has 0 N–H and O–H groups in total. The maximum atomic E-state index is 12.9. The second-order valence-electron chi connectivity index (χ2n) is 5.84. The number of carbonyl (C=O) groups is 1. The first-order chi connectivity index (χ1) is 10.6. The van der Waals surface area contributed by atoms with Crippen molar-refractivity contribution >= 4 is 23.4 Å². The van der Waals surface area contributed by atoms with Gasteiger partial charge in [-0.15, -0.1) is 11.6 Å². The monoisotopic (exact) mass is 349 g/mol. The van der Waals surface area contributed by atoms with Gasteiger partial charge in [0.2, 0.25) is 0 Å². The predicted molar refractivity (Wildman–Crippen MR) is 82.8 cm³/mol. The molecule has 1 aliphatic heterocycles. The molecule has 0 saturated heterocycles. The molecule has 0 bridgehead atoms. The molecule has 128 valence electrons. The number of anilines is 1. The van der Waals surface area contributed by atoms with Gasteiger partial charge in [0, 0.05) is 6.04 Å². The Morgan fingerprint density at radius 2 is 2.09 bits per heavy atom. The van der Waals surface area contributed by atoms with Crippen LogP contribution in [-0.2, 0) is 10.9 Å². The largest absolute Gasteiger partial charge is 0.446 e. The van der Waals surface area contributed by atoms with Crippen molar-refractivity contribution in [3.8, 4) is 0 Å². The van der Waals surface area contributed by atoms with Gasteiger partial charge in [-0.2, -0.15) is 13.2 Å². The SMILES string of the molecule is CC[C@@H]1CC(Cl)c2cc(C(F)(F)F)ccc2N1C(=O)OC(C)C. The number of alkyl halides is 4. The van der Waals surface area contributed by atoms with Gasteiger partial charge in [0.25, 0.3) is 0 Å². The molecule has 3 nitrogen and oxygen atoms in total. The quantitative estimate of drug-likeness (QED) is 0.658. The standard InChI is InChI=1S/C16H19ClF3NO2/c1-4-11-8-13(17)12-7-10(16(18,19)20)5-6-14(12)21(11)15(22)23-9(2)3/h5-7,9,11,13H,4,8H2,1-3H3/t11-,13?/m1/s1. The van der Waals surface area contributed by atoms with Crippen molar-refractivity contribution in [3.05, 3.63) is 29.3 Å². The third kappa shape index (κ3) is 3.74. The third-order valence-corrected chi connectivity index (χ3v) is 4.21. The summed E-state index contributed by atoms with van der Waals surface area (Å²) in [7, 11) is 0. The van der Waals surface area contributed by atoms with Crippen molar-refractivity contribution in [3.63, 3.8) is 0 Å². The van der Waals surface area contributed by atoms with Crippen LogP contribution in [0.1, 0.15) is 50.1 Å². The van der Waals surface area contributed by atoms with Gasteiger partial charge >= 0.3 is 12.3 Å². The molecule has 1 heterocycles. The zero-order valence-corrected chi connectivity index (χ0v) is 13.9. The van der Waals surface area contributed by atoms with Gasteiger partial charge in [0.15, 0.2) is 0 Å². The van der Waals surface area contributed by atoms with E-state index < -0.39 is 23.2 Å². The van der Waals surface area contributed by atoms with Crippen LogP contribution in [0.15, 0.2) is 18.2 Å². The molecule has 1 aromatic rings. The highest BCUT2D eigenvalue weighted by Gasteiger charge is 2.38. The van der Waals surface area contributed by atoms with E-state index in [0.717, 1.165) is 12.1 Å². The number of benzene rings is 1.